The molecule has 0 bridgehead atoms. The zero-order chi connectivity index (χ0) is 19.0. The van der Waals surface area contributed by atoms with Gasteiger partial charge in [-0.1, -0.05) is 23.7 Å². The molecule has 1 N–H and O–H groups in total. The fraction of sp³-hybridized carbons (Fsp3) is 0.105. The van der Waals surface area contributed by atoms with Crippen LogP contribution in [0.1, 0.15) is 5.56 Å². The Hall–Kier alpha value is -2.48. The monoisotopic (exact) mass is 415 g/mol. The van der Waals surface area contributed by atoms with Gasteiger partial charge in [0.1, 0.15) is 11.4 Å². The van der Waals surface area contributed by atoms with Crippen LogP contribution in [0.5, 0.6) is 0 Å². The molecule has 0 saturated heterocycles. The van der Waals surface area contributed by atoms with Crippen molar-refractivity contribution in [3.8, 4) is 10.4 Å². The van der Waals surface area contributed by atoms with Crippen LogP contribution in [0.4, 0.5) is 5.69 Å². The Labute approximate surface area is 167 Å². The molecule has 0 aliphatic carbocycles. The highest BCUT2D eigenvalue weighted by Gasteiger charge is 2.15. The first-order valence-electron chi connectivity index (χ1n) is 8.10. The molecule has 1 amide bonds. The molecular formula is C19H14ClN3O2S2. The summed E-state index contributed by atoms with van der Waals surface area (Å²) in [6.07, 6.45) is 1.42. The molecule has 0 aliphatic heterocycles. The van der Waals surface area contributed by atoms with E-state index in [4.69, 9.17) is 11.6 Å². The highest BCUT2D eigenvalue weighted by Crippen LogP contribution is 2.33. The summed E-state index contributed by atoms with van der Waals surface area (Å²) >= 11 is 9.08. The maximum atomic E-state index is 12.9. The third-order valence-corrected chi connectivity index (χ3v) is 6.40. The number of nitrogens with one attached hydrogen (secondary N) is 1. The minimum atomic E-state index is -0.309. The smallest absolute Gasteiger partial charge is 0.263 e. The van der Waals surface area contributed by atoms with Gasteiger partial charge < -0.3 is 5.32 Å². The number of halogens is 1. The number of benzene rings is 1. The molecule has 0 spiro atoms. The van der Waals surface area contributed by atoms with E-state index < -0.39 is 0 Å². The normalized spacial score (nSPS) is 11.0. The summed E-state index contributed by atoms with van der Waals surface area (Å²) in [5, 5.41) is 7.83. The third kappa shape index (κ3) is 3.41. The average molecular weight is 416 g/mol. The Kier molecular flexibility index (Phi) is 4.82. The van der Waals surface area contributed by atoms with Crippen molar-refractivity contribution >= 4 is 56.1 Å². The lowest BCUT2D eigenvalue weighted by Crippen LogP contribution is -2.28. The van der Waals surface area contributed by atoms with E-state index in [2.05, 4.69) is 10.3 Å². The van der Waals surface area contributed by atoms with E-state index in [1.165, 1.54) is 22.2 Å². The number of nitrogens with zero attached hydrogens (tertiary/aromatic N) is 2. The number of carbonyl (C=O) groups is 1. The molecule has 8 heteroatoms. The third-order valence-electron chi connectivity index (χ3n) is 4.20. The summed E-state index contributed by atoms with van der Waals surface area (Å²) in [5.74, 6) is -0.309. The van der Waals surface area contributed by atoms with Crippen molar-refractivity contribution in [2.24, 2.45) is 0 Å². The summed E-state index contributed by atoms with van der Waals surface area (Å²) in [7, 11) is 0. The minimum absolute atomic E-state index is 0.118. The number of thiophene rings is 2. The number of hydrogen-bond acceptors (Lipinski definition) is 5. The molecule has 4 aromatic rings. The molecule has 4 rings (SSSR count). The summed E-state index contributed by atoms with van der Waals surface area (Å²) < 4.78 is 1.33. The zero-order valence-electron chi connectivity index (χ0n) is 14.2. The van der Waals surface area contributed by atoms with Gasteiger partial charge in [0.25, 0.3) is 5.56 Å². The van der Waals surface area contributed by atoms with Gasteiger partial charge in [0.2, 0.25) is 5.91 Å². The predicted octanol–water partition coefficient (Wildman–Crippen LogP) is 4.79. The summed E-state index contributed by atoms with van der Waals surface area (Å²) in [5.41, 5.74) is 2.06. The van der Waals surface area contributed by atoms with Crippen LogP contribution in [0.25, 0.3) is 20.7 Å². The molecule has 0 fully saturated rings. The van der Waals surface area contributed by atoms with Crippen molar-refractivity contribution < 1.29 is 4.79 Å². The number of anilines is 1. The molecule has 0 unspecified atom stereocenters. The van der Waals surface area contributed by atoms with Crippen molar-refractivity contribution in [2.45, 2.75) is 13.5 Å². The molecule has 0 radical (unpaired) electrons. The number of hydrogen-bond donors (Lipinski definition) is 1. The summed E-state index contributed by atoms with van der Waals surface area (Å²) in [6, 6.07) is 9.22. The summed E-state index contributed by atoms with van der Waals surface area (Å²) in [4.78, 5) is 31.4. The maximum Gasteiger partial charge on any atom is 0.263 e. The summed E-state index contributed by atoms with van der Waals surface area (Å²) in [6.45, 7) is 1.71. The zero-order valence-corrected chi connectivity index (χ0v) is 16.6. The van der Waals surface area contributed by atoms with E-state index in [0.29, 0.717) is 20.9 Å². The second-order valence-electron chi connectivity index (χ2n) is 5.95. The Morgan fingerprint density at radius 2 is 2.11 bits per heavy atom. The number of fused-ring (bicyclic) bond motifs is 1. The molecule has 3 aromatic heterocycles. The van der Waals surface area contributed by atoms with Crippen molar-refractivity contribution in [3.05, 3.63) is 68.4 Å². The van der Waals surface area contributed by atoms with E-state index in [1.807, 2.05) is 29.8 Å². The molecule has 0 saturated carbocycles. The topological polar surface area (TPSA) is 64.0 Å². The molecule has 136 valence electrons. The van der Waals surface area contributed by atoms with E-state index in [1.54, 1.807) is 29.5 Å². The second-order valence-corrected chi connectivity index (χ2v) is 8.16. The van der Waals surface area contributed by atoms with Crippen LogP contribution in [0.3, 0.4) is 0 Å². The first kappa shape index (κ1) is 17.9. The molecule has 1 aromatic carbocycles. The maximum absolute atomic E-state index is 12.9. The van der Waals surface area contributed by atoms with Gasteiger partial charge in [-0.25, -0.2) is 4.98 Å². The first-order chi connectivity index (χ1) is 13.0. The van der Waals surface area contributed by atoms with Crippen LogP contribution in [0, 0.1) is 6.92 Å². The van der Waals surface area contributed by atoms with Crippen molar-refractivity contribution in [1.82, 2.24) is 9.55 Å². The number of aromatic nitrogens is 2. The molecule has 0 atom stereocenters. The van der Waals surface area contributed by atoms with E-state index in [0.717, 1.165) is 16.0 Å². The van der Waals surface area contributed by atoms with Gasteiger partial charge in [0.05, 0.1) is 11.7 Å². The fourth-order valence-electron chi connectivity index (χ4n) is 2.78. The van der Waals surface area contributed by atoms with Gasteiger partial charge >= 0.3 is 0 Å². The fourth-order valence-corrected chi connectivity index (χ4v) is 4.68. The van der Waals surface area contributed by atoms with Crippen LogP contribution in [0.15, 0.2) is 52.2 Å². The van der Waals surface area contributed by atoms with Crippen molar-refractivity contribution in [3.63, 3.8) is 0 Å². The van der Waals surface area contributed by atoms with E-state index >= 15 is 0 Å². The largest absolute Gasteiger partial charge is 0.324 e. The van der Waals surface area contributed by atoms with Crippen LogP contribution in [-0.2, 0) is 11.3 Å². The van der Waals surface area contributed by atoms with Gasteiger partial charge in [-0.05, 0) is 36.1 Å². The van der Waals surface area contributed by atoms with Crippen molar-refractivity contribution in [1.29, 1.82) is 0 Å². The Morgan fingerprint density at radius 1 is 1.26 bits per heavy atom. The Balaban J connectivity index is 1.65. The van der Waals surface area contributed by atoms with E-state index in [-0.39, 0.29) is 18.0 Å². The van der Waals surface area contributed by atoms with Crippen LogP contribution in [-0.4, -0.2) is 15.5 Å². The lowest BCUT2D eigenvalue weighted by atomic mass is 10.2. The highest BCUT2D eigenvalue weighted by atomic mass is 35.5. The number of rotatable bonds is 4. The predicted molar refractivity (Wildman–Crippen MR) is 112 cm³/mol. The number of amides is 1. The molecular weight excluding hydrogens is 402 g/mol. The lowest BCUT2D eigenvalue weighted by molar-refractivity contribution is -0.116. The van der Waals surface area contributed by atoms with Gasteiger partial charge in [-0.15, -0.1) is 22.7 Å². The van der Waals surface area contributed by atoms with Crippen LogP contribution >= 0.6 is 34.3 Å². The molecule has 5 nitrogen and oxygen atoms in total. The van der Waals surface area contributed by atoms with E-state index in [9.17, 15) is 9.59 Å². The quantitative estimate of drug-likeness (QED) is 0.521. The highest BCUT2D eigenvalue weighted by molar-refractivity contribution is 7.18. The minimum Gasteiger partial charge on any atom is -0.324 e. The van der Waals surface area contributed by atoms with Gasteiger partial charge in [0.15, 0.2) is 0 Å². The standard InChI is InChI=1S/C19H14ClN3O2S2/c1-11-13(20)4-2-5-14(11)22-16(24)8-23-10-21-18-17(19(23)25)12(9-27-18)15-6-3-7-26-15/h2-7,9-10H,8H2,1H3,(H,22,24). The number of carbonyl (C=O) groups excluding carboxylic acids is 1. The molecule has 27 heavy (non-hydrogen) atoms. The van der Waals surface area contributed by atoms with Crippen LogP contribution in [0.2, 0.25) is 5.02 Å². The van der Waals surface area contributed by atoms with Crippen molar-refractivity contribution in [2.75, 3.05) is 5.32 Å². The average Bonchev–Trinajstić information content (AvgIpc) is 3.30. The van der Waals surface area contributed by atoms with Gasteiger partial charge in [-0.3, -0.25) is 14.2 Å². The van der Waals surface area contributed by atoms with Crippen LogP contribution < -0.4 is 10.9 Å². The molecule has 3 heterocycles. The Bertz CT molecular complexity index is 1200. The first-order valence-corrected chi connectivity index (χ1v) is 10.2. The second kappa shape index (κ2) is 7.26. The lowest BCUT2D eigenvalue weighted by Gasteiger charge is -2.10. The van der Waals surface area contributed by atoms with Gasteiger partial charge in [-0.2, -0.15) is 0 Å². The SMILES string of the molecule is Cc1c(Cl)cccc1NC(=O)Cn1cnc2scc(-c3cccs3)c2c1=O. The Morgan fingerprint density at radius 3 is 2.89 bits per heavy atom. The van der Waals surface area contributed by atoms with Gasteiger partial charge in [0, 0.05) is 26.5 Å². The molecule has 0 aliphatic rings.